The van der Waals surface area contributed by atoms with Crippen LogP contribution in [0.15, 0.2) is 46.9 Å². The van der Waals surface area contributed by atoms with Crippen LogP contribution in [-0.4, -0.2) is 35.4 Å². The van der Waals surface area contributed by atoms with Crippen molar-refractivity contribution in [3.05, 3.63) is 63.6 Å². The van der Waals surface area contributed by atoms with Gasteiger partial charge in [-0.15, -0.1) is 0 Å². The molecule has 0 bridgehead atoms. The van der Waals surface area contributed by atoms with Crippen molar-refractivity contribution in [2.24, 2.45) is 0 Å². The Morgan fingerprint density at radius 1 is 1.08 bits per heavy atom. The van der Waals surface area contributed by atoms with Crippen LogP contribution in [0.4, 0.5) is 0 Å². The quantitative estimate of drug-likeness (QED) is 0.374. The minimum atomic E-state index is -0.545. The molecule has 1 fully saturated rings. The molecule has 1 saturated carbocycles. The van der Waals surface area contributed by atoms with Gasteiger partial charge in [-0.05, 0) is 70.8 Å². The van der Waals surface area contributed by atoms with Crippen LogP contribution in [0.25, 0.3) is 0 Å². The second-order valence-electron chi connectivity index (χ2n) is 11.0. The molecule has 0 saturated heterocycles. The van der Waals surface area contributed by atoms with E-state index in [4.69, 9.17) is 4.74 Å². The van der Waals surface area contributed by atoms with Gasteiger partial charge in [0.2, 0.25) is 5.91 Å². The van der Waals surface area contributed by atoms with E-state index in [0.717, 1.165) is 41.3 Å². The SMILES string of the molecule is CC[C@@H](C(=O)NC1CCCCC1)N(Cc1ccc(C)cc1)C(=O)COc1ccc(C(C)(C)C)cc1Br. The average Bonchev–Trinajstić information content (AvgIpc) is 2.84. The standard InChI is InChI=1S/C30H41BrN2O3/c1-6-26(29(35)32-24-10-8-7-9-11-24)33(19-22-14-12-21(2)13-15-22)28(34)20-36-27-17-16-23(18-25(27)31)30(3,4)5/h12-18,24,26H,6-11,19-20H2,1-5H3,(H,32,35)/t26-/m0/s1. The van der Waals surface area contributed by atoms with Crippen LogP contribution in [0.3, 0.4) is 0 Å². The van der Waals surface area contributed by atoms with Gasteiger partial charge in [0, 0.05) is 12.6 Å². The topological polar surface area (TPSA) is 58.6 Å². The van der Waals surface area contributed by atoms with E-state index in [9.17, 15) is 9.59 Å². The number of halogens is 1. The predicted molar refractivity (Wildman–Crippen MR) is 149 cm³/mol. The van der Waals surface area contributed by atoms with Crippen LogP contribution in [0.2, 0.25) is 0 Å². The normalized spacial score (nSPS) is 15.3. The van der Waals surface area contributed by atoms with Crippen molar-refractivity contribution in [1.29, 1.82) is 0 Å². The van der Waals surface area contributed by atoms with Crippen molar-refractivity contribution < 1.29 is 14.3 Å². The molecular weight excluding hydrogens is 516 g/mol. The molecule has 5 nitrogen and oxygen atoms in total. The van der Waals surface area contributed by atoms with Crippen molar-refractivity contribution in [3.8, 4) is 5.75 Å². The molecule has 0 heterocycles. The van der Waals surface area contributed by atoms with Gasteiger partial charge in [-0.2, -0.15) is 0 Å². The van der Waals surface area contributed by atoms with Gasteiger partial charge in [0.15, 0.2) is 6.61 Å². The Kier molecular flexibility index (Phi) is 10.0. The lowest BCUT2D eigenvalue weighted by Gasteiger charge is -2.32. The molecule has 36 heavy (non-hydrogen) atoms. The largest absolute Gasteiger partial charge is 0.483 e. The van der Waals surface area contributed by atoms with Crippen LogP contribution in [0.1, 0.15) is 82.9 Å². The summed E-state index contributed by atoms with van der Waals surface area (Å²) in [4.78, 5) is 28.5. The fraction of sp³-hybridized carbons (Fsp3) is 0.533. The molecule has 6 heteroatoms. The van der Waals surface area contributed by atoms with Crippen LogP contribution in [0, 0.1) is 6.92 Å². The summed E-state index contributed by atoms with van der Waals surface area (Å²) < 4.78 is 6.77. The van der Waals surface area contributed by atoms with Gasteiger partial charge in [-0.1, -0.05) is 82.9 Å². The molecule has 0 radical (unpaired) electrons. The second-order valence-corrected chi connectivity index (χ2v) is 11.8. The van der Waals surface area contributed by atoms with Gasteiger partial charge >= 0.3 is 0 Å². The van der Waals surface area contributed by atoms with Gasteiger partial charge < -0.3 is 15.0 Å². The number of rotatable bonds is 9. The van der Waals surface area contributed by atoms with Crippen molar-refractivity contribution in [1.82, 2.24) is 10.2 Å². The Morgan fingerprint density at radius 2 is 1.75 bits per heavy atom. The number of benzene rings is 2. The molecule has 0 unspecified atom stereocenters. The third-order valence-electron chi connectivity index (χ3n) is 6.96. The maximum absolute atomic E-state index is 13.5. The second kappa shape index (κ2) is 12.8. The van der Waals surface area contributed by atoms with Gasteiger partial charge in [0.05, 0.1) is 4.47 Å². The Balaban J connectivity index is 1.76. The number of aryl methyl sites for hydroxylation is 1. The lowest BCUT2D eigenvalue weighted by Crippen LogP contribution is -2.52. The van der Waals surface area contributed by atoms with Crippen molar-refractivity contribution >= 4 is 27.7 Å². The number of nitrogens with zero attached hydrogens (tertiary/aromatic N) is 1. The van der Waals surface area contributed by atoms with E-state index in [1.807, 2.05) is 56.3 Å². The molecule has 1 aliphatic carbocycles. The zero-order valence-electron chi connectivity index (χ0n) is 22.4. The molecule has 0 aliphatic heterocycles. The number of ether oxygens (including phenoxy) is 1. The number of carbonyl (C=O) groups is 2. The van der Waals surface area contributed by atoms with E-state index in [2.05, 4.69) is 42.0 Å². The Hall–Kier alpha value is -2.34. The van der Waals surface area contributed by atoms with E-state index in [1.165, 1.54) is 12.0 Å². The zero-order chi connectivity index (χ0) is 26.3. The number of nitrogens with one attached hydrogen (secondary N) is 1. The minimum absolute atomic E-state index is 0.0156. The monoisotopic (exact) mass is 556 g/mol. The van der Waals surface area contributed by atoms with Gasteiger partial charge in [0.25, 0.3) is 5.91 Å². The Bertz CT molecular complexity index is 1020. The van der Waals surface area contributed by atoms with Crippen molar-refractivity contribution in [3.63, 3.8) is 0 Å². The molecular formula is C30H41BrN2O3. The molecule has 1 atom stereocenters. The highest BCUT2D eigenvalue weighted by molar-refractivity contribution is 9.10. The first kappa shape index (κ1) is 28.2. The van der Waals surface area contributed by atoms with E-state index in [0.29, 0.717) is 18.7 Å². The van der Waals surface area contributed by atoms with Crippen molar-refractivity contribution in [2.45, 2.75) is 97.2 Å². The highest BCUT2D eigenvalue weighted by Gasteiger charge is 2.30. The third-order valence-corrected chi connectivity index (χ3v) is 7.58. The molecule has 1 N–H and O–H groups in total. The van der Waals surface area contributed by atoms with Crippen LogP contribution in [-0.2, 0) is 21.5 Å². The first-order valence-electron chi connectivity index (χ1n) is 13.2. The summed E-state index contributed by atoms with van der Waals surface area (Å²) in [5.41, 5.74) is 3.35. The highest BCUT2D eigenvalue weighted by Crippen LogP contribution is 2.31. The molecule has 2 aromatic rings. The number of hydrogen-bond donors (Lipinski definition) is 1. The van der Waals surface area contributed by atoms with Gasteiger partial charge in [0.1, 0.15) is 11.8 Å². The maximum Gasteiger partial charge on any atom is 0.261 e. The summed E-state index contributed by atoms with van der Waals surface area (Å²) in [5, 5.41) is 3.22. The van der Waals surface area contributed by atoms with Gasteiger partial charge in [-0.25, -0.2) is 0 Å². The summed E-state index contributed by atoms with van der Waals surface area (Å²) in [6.45, 7) is 10.7. The number of hydrogen-bond acceptors (Lipinski definition) is 3. The summed E-state index contributed by atoms with van der Waals surface area (Å²) in [6, 6.07) is 13.7. The van der Waals surface area contributed by atoms with Crippen LogP contribution in [0.5, 0.6) is 5.75 Å². The summed E-state index contributed by atoms with van der Waals surface area (Å²) in [7, 11) is 0. The highest BCUT2D eigenvalue weighted by atomic mass is 79.9. The molecule has 196 valence electrons. The van der Waals surface area contributed by atoms with Crippen LogP contribution < -0.4 is 10.1 Å². The fourth-order valence-electron chi connectivity index (χ4n) is 4.66. The summed E-state index contributed by atoms with van der Waals surface area (Å²) in [6.07, 6.45) is 6.08. The molecule has 0 spiro atoms. The lowest BCUT2D eigenvalue weighted by molar-refractivity contribution is -0.143. The molecule has 3 rings (SSSR count). The molecule has 1 aliphatic rings. The average molecular weight is 558 g/mol. The number of carbonyl (C=O) groups excluding carboxylic acids is 2. The van der Waals surface area contributed by atoms with Crippen LogP contribution >= 0.6 is 15.9 Å². The zero-order valence-corrected chi connectivity index (χ0v) is 24.0. The smallest absolute Gasteiger partial charge is 0.261 e. The molecule has 2 aromatic carbocycles. The molecule has 2 amide bonds. The third kappa shape index (κ3) is 7.83. The predicted octanol–water partition coefficient (Wildman–Crippen LogP) is 6.69. The Labute approximate surface area is 225 Å². The first-order chi connectivity index (χ1) is 17.1. The minimum Gasteiger partial charge on any atom is -0.483 e. The molecule has 0 aromatic heterocycles. The summed E-state index contributed by atoms with van der Waals surface area (Å²) in [5.74, 6) is 0.347. The van der Waals surface area contributed by atoms with E-state index in [1.54, 1.807) is 4.90 Å². The van der Waals surface area contributed by atoms with Gasteiger partial charge in [-0.3, -0.25) is 9.59 Å². The lowest BCUT2D eigenvalue weighted by atomic mass is 9.87. The first-order valence-corrected chi connectivity index (χ1v) is 14.0. The summed E-state index contributed by atoms with van der Waals surface area (Å²) >= 11 is 3.59. The van der Waals surface area contributed by atoms with E-state index in [-0.39, 0.29) is 29.9 Å². The number of amides is 2. The maximum atomic E-state index is 13.5. The van der Waals surface area contributed by atoms with Crippen molar-refractivity contribution in [2.75, 3.05) is 6.61 Å². The Morgan fingerprint density at radius 3 is 2.33 bits per heavy atom. The fourth-order valence-corrected chi connectivity index (χ4v) is 5.15. The van der Waals surface area contributed by atoms with E-state index < -0.39 is 6.04 Å². The van der Waals surface area contributed by atoms with E-state index >= 15 is 0 Å².